The molecule has 0 unspecified atom stereocenters. The molecular formula is C19H18FN3O2S. The Balaban J connectivity index is 1.97. The minimum atomic E-state index is -0.472. The summed E-state index contributed by atoms with van der Waals surface area (Å²) < 4.78 is 18.5. The third kappa shape index (κ3) is 3.67. The summed E-state index contributed by atoms with van der Waals surface area (Å²) in [4.78, 5) is 12.9. The fraction of sp³-hybridized carbons (Fsp3) is 0.158. The molecule has 0 aromatic heterocycles. The lowest BCUT2D eigenvalue weighted by molar-refractivity contribution is -0.113. The summed E-state index contributed by atoms with van der Waals surface area (Å²) in [5.74, 6) is -0.0289. The first-order valence-corrected chi connectivity index (χ1v) is 8.38. The highest BCUT2D eigenvalue weighted by molar-refractivity contribution is 7.80. The Bertz CT molecular complexity index is 881. The van der Waals surface area contributed by atoms with Gasteiger partial charge in [0, 0.05) is 16.9 Å². The maximum absolute atomic E-state index is 13.1. The van der Waals surface area contributed by atoms with Crippen molar-refractivity contribution in [3.8, 4) is 5.75 Å². The zero-order valence-electron chi connectivity index (χ0n) is 14.3. The lowest BCUT2D eigenvalue weighted by Gasteiger charge is -2.31. The first kappa shape index (κ1) is 17.9. The molecule has 2 aromatic rings. The first-order valence-electron chi connectivity index (χ1n) is 7.97. The van der Waals surface area contributed by atoms with Crippen LogP contribution in [0, 0.1) is 5.82 Å². The molecule has 7 heteroatoms. The summed E-state index contributed by atoms with van der Waals surface area (Å²) in [6, 6.07) is 12.6. The summed E-state index contributed by atoms with van der Waals surface area (Å²) in [5, 5.41) is 9.33. The van der Waals surface area contributed by atoms with Crippen LogP contribution in [0.3, 0.4) is 0 Å². The molecule has 1 amide bonds. The highest BCUT2D eigenvalue weighted by atomic mass is 32.1. The fourth-order valence-corrected chi connectivity index (χ4v) is 3.14. The zero-order chi connectivity index (χ0) is 18.7. The van der Waals surface area contributed by atoms with Gasteiger partial charge < -0.3 is 20.7 Å². The van der Waals surface area contributed by atoms with Gasteiger partial charge in [-0.15, -0.1) is 0 Å². The van der Waals surface area contributed by atoms with Crippen LogP contribution in [0.4, 0.5) is 10.1 Å². The fourth-order valence-electron chi connectivity index (χ4n) is 2.86. The second-order valence-corrected chi connectivity index (χ2v) is 6.18. The Hall–Kier alpha value is -2.93. The van der Waals surface area contributed by atoms with Crippen LogP contribution in [-0.4, -0.2) is 18.1 Å². The van der Waals surface area contributed by atoms with Crippen molar-refractivity contribution >= 4 is 28.9 Å². The lowest BCUT2D eigenvalue weighted by Crippen LogP contribution is -2.45. The van der Waals surface area contributed by atoms with Crippen molar-refractivity contribution in [3.63, 3.8) is 0 Å². The summed E-state index contributed by atoms with van der Waals surface area (Å²) in [6.45, 7) is 1.79. The number of methoxy groups -OCH3 is 1. The number of para-hydroxylation sites is 1. The average molecular weight is 371 g/mol. The van der Waals surface area contributed by atoms with E-state index in [4.69, 9.17) is 17.0 Å². The molecule has 0 aliphatic carbocycles. The zero-order valence-corrected chi connectivity index (χ0v) is 15.1. The van der Waals surface area contributed by atoms with Crippen molar-refractivity contribution in [2.24, 2.45) is 0 Å². The van der Waals surface area contributed by atoms with Gasteiger partial charge in [-0.3, -0.25) is 4.79 Å². The van der Waals surface area contributed by atoms with Crippen molar-refractivity contribution in [1.82, 2.24) is 10.6 Å². The number of ether oxygens (including phenoxy) is 1. The van der Waals surface area contributed by atoms with E-state index in [1.54, 1.807) is 14.0 Å². The molecule has 1 atom stereocenters. The van der Waals surface area contributed by atoms with Crippen molar-refractivity contribution < 1.29 is 13.9 Å². The van der Waals surface area contributed by atoms with Crippen LogP contribution in [0.2, 0.25) is 0 Å². The highest BCUT2D eigenvalue weighted by Crippen LogP contribution is 2.33. The SMILES string of the molecule is COc1ccccc1[C@H]1NC(=S)NC(C)=C1C(=O)Nc1ccc(F)cc1. The van der Waals surface area contributed by atoms with E-state index in [1.165, 1.54) is 24.3 Å². The summed E-state index contributed by atoms with van der Waals surface area (Å²) in [6.07, 6.45) is 0. The van der Waals surface area contributed by atoms with Gasteiger partial charge in [0.15, 0.2) is 5.11 Å². The number of nitrogens with one attached hydrogen (secondary N) is 3. The topological polar surface area (TPSA) is 62.4 Å². The molecule has 1 aliphatic heterocycles. The molecule has 0 radical (unpaired) electrons. The van der Waals surface area contributed by atoms with E-state index in [-0.39, 0.29) is 11.7 Å². The predicted octanol–water partition coefficient (Wildman–Crippen LogP) is 3.27. The van der Waals surface area contributed by atoms with E-state index < -0.39 is 6.04 Å². The number of benzene rings is 2. The monoisotopic (exact) mass is 371 g/mol. The molecule has 26 heavy (non-hydrogen) atoms. The van der Waals surface area contributed by atoms with Gasteiger partial charge in [0.1, 0.15) is 11.6 Å². The van der Waals surface area contributed by atoms with E-state index in [0.717, 1.165) is 5.56 Å². The van der Waals surface area contributed by atoms with Crippen molar-refractivity contribution in [3.05, 3.63) is 71.2 Å². The molecule has 0 saturated carbocycles. The Morgan fingerprint density at radius 2 is 1.88 bits per heavy atom. The number of rotatable bonds is 4. The van der Waals surface area contributed by atoms with Gasteiger partial charge >= 0.3 is 0 Å². The number of carbonyl (C=O) groups excluding carboxylic acids is 1. The van der Waals surface area contributed by atoms with Gasteiger partial charge in [0.05, 0.1) is 18.7 Å². The van der Waals surface area contributed by atoms with Crippen LogP contribution in [0.5, 0.6) is 5.75 Å². The quantitative estimate of drug-likeness (QED) is 0.720. The summed E-state index contributed by atoms with van der Waals surface area (Å²) in [7, 11) is 1.58. The molecule has 1 heterocycles. The van der Waals surface area contributed by atoms with E-state index in [1.807, 2.05) is 24.3 Å². The maximum Gasteiger partial charge on any atom is 0.255 e. The van der Waals surface area contributed by atoms with Gasteiger partial charge in [0.25, 0.3) is 5.91 Å². The molecule has 0 spiro atoms. The molecule has 3 N–H and O–H groups in total. The number of thiocarbonyl (C=S) groups is 1. The minimum absolute atomic E-state index is 0.312. The van der Waals surface area contributed by atoms with E-state index >= 15 is 0 Å². The number of carbonyl (C=O) groups is 1. The van der Waals surface area contributed by atoms with E-state index in [9.17, 15) is 9.18 Å². The second kappa shape index (κ2) is 7.53. The smallest absolute Gasteiger partial charge is 0.255 e. The summed E-state index contributed by atoms with van der Waals surface area (Å²) >= 11 is 5.25. The largest absolute Gasteiger partial charge is 0.496 e. The number of allylic oxidation sites excluding steroid dienone is 1. The molecule has 134 valence electrons. The standard InChI is InChI=1S/C19H18FN3O2S/c1-11-16(18(24)22-13-9-7-12(20)8-10-13)17(23-19(26)21-11)14-5-3-4-6-15(14)25-2/h3-10,17H,1-2H3,(H,22,24)(H2,21,23,26)/t17-/m1/s1. The number of hydrogen-bond acceptors (Lipinski definition) is 3. The minimum Gasteiger partial charge on any atom is -0.496 e. The van der Waals surface area contributed by atoms with E-state index in [2.05, 4.69) is 16.0 Å². The number of halogens is 1. The molecule has 0 fully saturated rings. The number of anilines is 1. The van der Waals surface area contributed by atoms with Crippen LogP contribution in [0.1, 0.15) is 18.5 Å². The number of hydrogen-bond donors (Lipinski definition) is 3. The predicted molar refractivity (Wildman–Crippen MR) is 102 cm³/mol. The average Bonchev–Trinajstić information content (AvgIpc) is 2.62. The van der Waals surface area contributed by atoms with Crippen LogP contribution in [0.25, 0.3) is 0 Å². The molecule has 0 saturated heterocycles. The van der Waals surface area contributed by atoms with Crippen molar-refractivity contribution in [2.45, 2.75) is 13.0 Å². The summed E-state index contributed by atoms with van der Waals surface area (Å²) in [5.41, 5.74) is 2.42. The van der Waals surface area contributed by atoms with Gasteiger partial charge in [0.2, 0.25) is 0 Å². The highest BCUT2D eigenvalue weighted by Gasteiger charge is 2.31. The molecule has 1 aliphatic rings. The second-order valence-electron chi connectivity index (χ2n) is 5.77. The maximum atomic E-state index is 13.1. The van der Waals surface area contributed by atoms with Gasteiger partial charge in [-0.2, -0.15) is 0 Å². The molecule has 0 bridgehead atoms. The third-order valence-electron chi connectivity index (χ3n) is 4.07. The molecule has 3 rings (SSSR count). The lowest BCUT2D eigenvalue weighted by atomic mass is 9.94. The van der Waals surface area contributed by atoms with E-state index in [0.29, 0.717) is 27.8 Å². The number of amides is 1. The van der Waals surface area contributed by atoms with Crippen LogP contribution >= 0.6 is 12.2 Å². The van der Waals surface area contributed by atoms with Gasteiger partial charge in [-0.25, -0.2) is 4.39 Å². The van der Waals surface area contributed by atoms with Crippen molar-refractivity contribution in [1.29, 1.82) is 0 Å². The van der Waals surface area contributed by atoms with Gasteiger partial charge in [-0.1, -0.05) is 18.2 Å². The Morgan fingerprint density at radius 3 is 2.58 bits per heavy atom. The third-order valence-corrected chi connectivity index (χ3v) is 4.29. The van der Waals surface area contributed by atoms with Crippen molar-refractivity contribution in [2.75, 3.05) is 12.4 Å². The Morgan fingerprint density at radius 1 is 1.19 bits per heavy atom. The van der Waals surface area contributed by atoms with Crippen LogP contribution in [-0.2, 0) is 4.79 Å². The van der Waals surface area contributed by atoms with Crippen LogP contribution < -0.4 is 20.7 Å². The normalized spacial score (nSPS) is 16.6. The van der Waals surface area contributed by atoms with Gasteiger partial charge in [-0.05, 0) is 49.5 Å². The first-order chi connectivity index (χ1) is 12.5. The Labute approximate surface area is 156 Å². The van der Waals surface area contributed by atoms with Crippen LogP contribution in [0.15, 0.2) is 59.8 Å². The molecule has 5 nitrogen and oxygen atoms in total. The molecule has 2 aromatic carbocycles. The molecular weight excluding hydrogens is 353 g/mol. The Kier molecular flexibility index (Phi) is 5.18.